The summed E-state index contributed by atoms with van der Waals surface area (Å²) in [4.78, 5) is 2.63. The Morgan fingerprint density at radius 2 is 2.19 bits per heavy atom. The predicted octanol–water partition coefficient (Wildman–Crippen LogP) is 3.53. The van der Waals surface area contributed by atoms with E-state index in [1.807, 2.05) is 0 Å². The third-order valence-electron chi connectivity index (χ3n) is 5.18. The summed E-state index contributed by atoms with van der Waals surface area (Å²) in [5, 5.41) is 0. The van der Waals surface area contributed by atoms with Gasteiger partial charge in [-0.25, -0.2) is 0 Å². The van der Waals surface area contributed by atoms with Gasteiger partial charge in [0.25, 0.3) is 0 Å². The summed E-state index contributed by atoms with van der Waals surface area (Å²) in [6, 6.07) is 0. The number of nitrogens with zero attached hydrogens (tertiary/aromatic N) is 1. The molecule has 1 heterocycles. The third-order valence-corrected chi connectivity index (χ3v) is 5.18. The van der Waals surface area contributed by atoms with E-state index in [9.17, 15) is 0 Å². The van der Waals surface area contributed by atoms with Gasteiger partial charge in [-0.1, -0.05) is 24.1 Å². The predicted molar refractivity (Wildman–Crippen MR) is 68.4 cm³/mol. The van der Waals surface area contributed by atoms with E-state index in [1.165, 1.54) is 38.6 Å². The zero-order chi connectivity index (χ0) is 11.3. The summed E-state index contributed by atoms with van der Waals surface area (Å²) < 4.78 is 0. The second-order valence-electron chi connectivity index (χ2n) is 5.98. The van der Waals surface area contributed by atoms with Crippen LogP contribution in [0.5, 0.6) is 0 Å². The Labute approximate surface area is 99.2 Å². The fourth-order valence-electron chi connectivity index (χ4n) is 4.25. The van der Waals surface area contributed by atoms with Crippen LogP contribution in [0.1, 0.15) is 46.0 Å². The summed E-state index contributed by atoms with van der Waals surface area (Å²) in [7, 11) is 2.33. The summed E-state index contributed by atoms with van der Waals surface area (Å²) in [6.07, 6.45) is 9.25. The lowest BCUT2D eigenvalue weighted by molar-refractivity contribution is 0.216. The first kappa shape index (κ1) is 10.6. The molecule has 1 heteroatoms. The number of hydrogen-bond acceptors (Lipinski definition) is 1. The molecule has 1 nitrogen and oxygen atoms in total. The molecule has 0 aromatic carbocycles. The third kappa shape index (κ3) is 1.21. The molecule has 2 aliphatic carbocycles. The second kappa shape index (κ2) is 3.46. The van der Waals surface area contributed by atoms with Gasteiger partial charge in [-0.3, -0.25) is 4.90 Å². The molecule has 3 aliphatic rings. The number of likely N-dealkylation sites (N-methyl/N-ethyl adjacent to an activating group) is 1. The Morgan fingerprint density at radius 1 is 1.38 bits per heavy atom. The lowest BCUT2D eigenvalue weighted by atomic mass is 9.79. The van der Waals surface area contributed by atoms with E-state index in [4.69, 9.17) is 0 Å². The molecule has 0 aromatic heterocycles. The van der Waals surface area contributed by atoms with Crippen molar-refractivity contribution in [2.24, 2.45) is 5.92 Å². The number of likely N-dealkylation sites (tertiary alicyclic amines) is 1. The smallest absolute Gasteiger partial charge is 0.0463 e. The molecule has 2 unspecified atom stereocenters. The van der Waals surface area contributed by atoms with Crippen molar-refractivity contribution in [3.63, 3.8) is 0 Å². The van der Waals surface area contributed by atoms with Crippen LogP contribution >= 0.6 is 0 Å². The van der Waals surface area contributed by atoms with Crippen molar-refractivity contribution in [2.45, 2.75) is 51.5 Å². The SMILES string of the molecule is CC1=CCC(C)C2=C1C1(CCCN1C)CC2. The highest BCUT2D eigenvalue weighted by atomic mass is 15.2. The van der Waals surface area contributed by atoms with Gasteiger partial charge in [0.1, 0.15) is 0 Å². The van der Waals surface area contributed by atoms with Gasteiger partial charge in [-0.15, -0.1) is 0 Å². The Kier molecular flexibility index (Phi) is 2.29. The van der Waals surface area contributed by atoms with Crippen molar-refractivity contribution in [1.29, 1.82) is 0 Å². The summed E-state index contributed by atoms with van der Waals surface area (Å²) in [5.41, 5.74) is 5.55. The second-order valence-corrected chi connectivity index (χ2v) is 5.98. The van der Waals surface area contributed by atoms with Crippen LogP contribution in [-0.4, -0.2) is 24.0 Å². The Hall–Kier alpha value is -0.560. The van der Waals surface area contributed by atoms with Gasteiger partial charge in [0.05, 0.1) is 0 Å². The molecule has 0 saturated carbocycles. The molecule has 2 atom stereocenters. The highest BCUT2D eigenvalue weighted by molar-refractivity contribution is 5.50. The maximum atomic E-state index is 2.63. The first-order valence-electron chi connectivity index (χ1n) is 6.77. The van der Waals surface area contributed by atoms with Crippen LogP contribution in [0, 0.1) is 5.92 Å². The average molecular weight is 217 g/mol. The number of hydrogen-bond donors (Lipinski definition) is 0. The molecular weight excluding hydrogens is 194 g/mol. The maximum absolute atomic E-state index is 2.63. The van der Waals surface area contributed by atoms with E-state index in [0.29, 0.717) is 5.54 Å². The topological polar surface area (TPSA) is 3.24 Å². The van der Waals surface area contributed by atoms with E-state index in [1.54, 1.807) is 16.7 Å². The molecule has 1 saturated heterocycles. The van der Waals surface area contributed by atoms with Crippen molar-refractivity contribution in [1.82, 2.24) is 4.90 Å². The van der Waals surface area contributed by atoms with Crippen LogP contribution in [0.25, 0.3) is 0 Å². The zero-order valence-electron chi connectivity index (χ0n) is 10.8. The minimum Gasteiger partial charge on any atom is -0.297 e. The van der Waals surface area contributed by atoms with Gasteiger partial charge in [0.2, 0.25) is 0 Å². The molecule has 0 aromatic rings. The molecule has 1 aliphatic heterocycles. The summed E-state index contributed by atoms with van der Waals surface area (Å²) >= 11 is 0. The fourth-order valence-corrected chi connectivity index (χ4v) is 4.25. The Morgan fingerprint density at radius 3 is 2.88 bits per heavy atom. The van der Waals surface area contributed by atoms with Crippen molar-refractivity contribution in [2.75, 3.05) is 13.6 Å². The van der Waals surface area contributed by atoms with E-state index in [-0.39, 0.29) is 0 Å². The van der Waals surface area contributed by atoms with Gasteiger partial charge in [0.15, 0.2) is 0 Å². The van der Waals surface area contributed by atoms with Gasteiger partial charge >= 0.3 is 0 Å². The van der Waals surface area contributed by atoms with Crippen LogP contribution in [0.3, 0.4) is 0 Å². The molecule has 3 rings (SSSR count). The number of rotatable bonds is 0. The molecule has 0 amide bonds. The van der Waals surface area contributed by atoms with Crippen molar-refractivity contribution in [3.8, 4) is 0 Å². The number of fused-ring (bicyclic) bond motifs is 1. The summed E-state index contributed by atoms with van der Waals surface area (Å²) in [6.45, 7) is 6.03. The van der Waals surface area contributed by atoms with E-state index in [2.05, 4.69) is 31.9 Å². The van der Waals surface area contributed by atoms with Gasteiger partial charge in [0, 0.05) is 5.54 Å². The molecule has 0 radical (unpaired) electrons. The minimum absolute atomic E-state index is 0.435. The molecular formula is C15H23N. The molecule has 16 heavy (non-hydrogen) atoms. The van der Waals surface area contributed by atoms with Crippen molar-refractivity contribution in [3.05, 3.63) is 22.8 Å². The lowest BCUT2D eigenvalue weighted by Gasteiger charge is -2.37. The highest BCUT2D eigenvalue weighted by Gasteiger charge is 2.48. The maximum Gasteiger partial charge on any atom is 0.0463 e. The highest BCUT2D eigenvalue weighted by Crippen LogP contribution is 2.52. The van der Waals surface area contributed by atoms with Gasteiger partial charge < -0.3 is 0 Å². The van der Waals surface area contributed by atoms with E-state index >= 15 is 0 Å². The van der Waals surface area contributed by atoms with Crippen LogP contribution in [0.15, 0.2) is 22.8 Å². The van der Waals surface area contributed by atoms with Crippen molar-refractivity contribution >= 4 is 0 Å². The molecule has 0 N–H and O–H groups in total. The van der Waals surface area contributed by atoms with Crippen molar-refractivity contribution < 1.29 is 0 Å². The fraction of sp³-hybridized carbons (Fsp3) is 0.733. The molecule has 88 valence electrons. The molecule has 1 fully saturated rings. The van der Waals surface area contributed by atoms with Gasteiger partial charge in [-0.2, -0.15) is 0 Å². The van der Waals surface area contributed by atoms with E-state index < -0.39 is 0 Å². The average Bonchev–Trinajstić information content (AvgIpc) is 2.81. The first-order valence-corrected chi connectivity index (χ1v) is 6.77. The molecule has 0 bridgehead atoms. The lowest BCUT2D eigenvalue weighted by Crippen LogP contribution is -2.41. The standard InChI is InChI=1S/C15H23N/c1-11-5-6-12(2)14-13(11)7-9-15(14)8-4-10-16(15)3/h6,11H,4-5,7-10H2,1-3H3. The largest absolute Gasteiger partial charge is 0.297 e. The Balaban J connectivity index is 2.09. The molecule has 1 spiro atoms. The summed E-state index contributed by atoms with van der Waals surface area (Å²) in [5.74, 6) is 0.798. The van der Waals surface area contributed by atoms with Crippen LogP contribution in [-0.2, 0) is 0 Å². The van der Waals surface area contributed by atoms with Crippen LogP contribution in [0.2, 0.25) is 0 Å². The number of allylic oxidation sites excluding steroid dienone is 2. The minimum atomic E-state index is 0.435. The normalized spacial score (nSPS) is 39.4. The first-order chi connectivity index (χ1) is 7.65. The van der Waals surface area contributed by atoms with E-state index in [0.717, 1.165) is 5.92 Å². The zero-order valence-corrected chi connectivity index (χ0v) is 10.8. The monoisotopic (exact) mass is 217 g/mol. The van der Waals surface area contributed by atoms with Crippen LogP contribution < -0.4 is 0 Å². The van der Waals surface area contributed by atoms with Crippen LogP contribution in [0.4, 0.5) is 0 Å². The Bertz CT molecular complexity index is 377. The quantitative estimate of drug-likeness (QED) is 0.600. The van der Waals surface area contributed by atoms with Gasteiger partial charge in [-0.05, 0) is 64.1 Å².